The predicted octanol–water partition coefficient (Wildman–Crippen LogP) is 3.17. The number of hydrogen-bond acceptors (Lipinski definition) is 3. The van der Waals surface area contributed by atoms with Crippen LogP contribution in [-0.2, 0) is 19.5 Å². The highest BCUT2D eigenvalue weighted by Crippen LogP contribution is 2.23. The monoisotopic (exact) mass is 339 g/mol. The number of aromatic nitrogens is 4. The molecule has 0 spiro atoms. The van der Waals surface area contributed by atoms with Crippen LogP contribution in [0.5, 0.6) is 0 Å². The fraction of sp³-hybridized carbons (Fsp3) is 0.368. The lowest BCUT2D eigenvalue weighted by molar-refractivity contribution is 0.242. The number of aryl methyl sites for hydroxylation is 2. The van der Waals surface area contributed by atoms with Crippen LogP contribution in [0.2, 0.25) is 0 Å². The molecule has 0 bridgehead atoms. The van der Waals surface area contributed by atoms with E-state index in [0.717, 1.165) is 67.6 Å². The second-order valence-corrected chi connectivity index (χ2v) is 6.57. The molecule has 0 fully saturated rings. The number of fused-ring (bicyclic) bond motifs is 1. The molecule has 3 aromatic rings. The molecule has 1 N–H and O–H groups in total. The lowest BCUT2D eigenvalue weighted by atomic mass is 10.1. The molecule has 0 unspecified atom stereocenters. The molecule has 5 nitrogen and oxygen atoms in total. The Kier molecular flexibility index (Phi) is 4.36. The van der Waals surface area contributed by atoms with Crippen LogP contribution in [0.4, 0.5) is 4.39 Å². The van der Waals surface area contributed by atoms with Crippen molar-refractivity contribution >= 4 is 0 Å². The Balaban J connectivity index is 1.39. The second kappa shape index (κ2) is 6.80. The molecule has 0 amide bonds. The molecule has 0 saturated carbocycles. The van der Waals surface area contributed by atoms with E-state index in [4.69, 9.17) is 0 Å². The van der Waals surface area contributed by atoms with Gasteiger partial charge in [0.25, 0.3) is 0 Å². The van der Waals surface area contributed by atoms with Gasteiger partial charge in [0.05, 0.1) is 11.4 Å². The van der Waals surface area contributed by atoms with Crippen molar-refractivity contribution in [1.82, 2.24) is 24.4 Å². The van der Waals surface area contributed by atoms with E-state index in [0.29, 0.717) is 0 Å². The molecule has 0 aliphatic carbocycles. The Morgan fingerprint density at radius 3 is 3.00 bits per heavy atom. The van der Waals surface area contributed by atoms with Crippen molar-refractivity contribution in [3.8, 4) is 11.4 Å². The number of nitrogens with one attached hydrogen (secondary N) is 1. The highest BCUT2D eigenvalue weighted by atomic mass is 19.1. The maximum atomic E-state index is 13.4. The standard InChI is InChI=1S/C19H22FN5/c1-14-21-7-11-25(14)9-3-8-24-10-6-17-18(13-24)23-19(22-17)15-4-2-5-16(20)12-15/h2,4-5,7,11-12H,3,6,8-10,13H2,1H3,(H,22,23). The maximum absolute atomic E-state index is 13.4. The molecule has 1 aliphatic heterocycles. The van der Waals surface area contributed by atoms with Gasteiger partial charge in [0.1, 0.15) is 17.5 Å². The number of nitrogens with zero attached hydrogens (tertiary/aromatic N) is 4. The molecule has 6 heteroatoms. The summed E-state index contributed by atoms with van der Waals surface area (Å²) in [6.07, 6.45) is 5.91. The average molecular weight is 339 g/mol. The van der Waals surface area contributed by atoms with Crippen molar-refractivity contribution < 1.29 is 4.39 Å². The number of benzene rings is 1. The first-order chi connectivity index (χ1) is 12.2. The zero-order valence-corrected chi connectivity index (χ0v) is 14.4. The third kappa shape index (κ3) is 3.49. The van der Waals surface area contributed by atoms with E-state index in [2.05, 4.69) is 24.4 Å². The van der Waals surface area contributed by atoms with E-state index in [1.54, 1.807) is 6.07 Å². The summed E-state index contributed by atoms with van der Waals surface area (Å²) >= 11 is 0. The van der Waals surface area contributed by atoms with Gasteiger partial charge in [-0.1, -0.05) is 12.1 Å². The average Bonchev–Trinajstić information content (AvgIpc) is 3.21. The summed E-state index contributed by atoms with van der Waals surface area (Å²) < 4.78 is 15.6. The van der Waals surface area contributed by atoms with Gasteiger partial charge in [-0.3, -0.25) is 4.90 Å². The van der Waals surface area contributed by atoms with Gasteiger partial charge in [-0.15, -0.1) is 0 Å². The number of hydrogen-bond donors (Lipinski definition) is 1. The van der Waals surface area contributed by atoms with Gasteiger partial charge in [0.2, 0.25) is 0 Å². The Bertz CT molecular complexity index is 866. The summed E-state index contributed by atoms with van der Waals surface area (Å²) in [5.74, 6) is 1.60. The first-order valence-electron chi connectivity index (χ1n) is 8.73. The van der Waals surface area contributed by atoms with Gasteiger partial charge in [-0.25, -0.2) is 14.4 Å². The Morgan fingerprint density at radius 2 is 2.20 bits per heavy atom. The van der Waals surface area contributed by atoms with Crippen LogP contribution in [0.25, 0.3) is 11.4 Å². The Morgan fingerprint density at radius 1 is 1.28 bits per heavy atom. The number of rotatable bonds is 5. The number of H-pyrrole nitrogens is 1. The van der Waals surface area contributed by atoms with Crippen LogP contribution >= 0.6 is 0 Å². The van der Waals surface area contributed by atoms with Crippen LogP contribution in [0.3, 0.4) is 0 Å². The fourth-order valence-electron chi connectivity index (χ4n) is 3.42. The Hall–Kier alpha value is -2.47. The normalized spacial score (nSPS) is 14.6. The van der Waals surface area contributed by atoms with E-state index in [-0.39, 0.29) is 5.82 Å². The number of aromatic amines is 1. The molecule has 1 aromatic carbocycles. The van der Waals surface area contributed by atoms with Gasteiger partial charge < -0.3 is 9.55 Å². The fourth-order valence-corrected chi connectivity index (χ4v) is 3.42. The van der Waals surface area contributed by atoms with Crippen molar-refractivity contribution in [2.45, 2.75) is 32.9 Å². The van der Waals surface area contributed by atoms with E-state index in [1.165, 1.54) is 12.1 Å². The summed E-state index contributed by atoms with van der Waals surface area (Å²) in [5.41, 5.74) is 3.07. The summed E-state index contributed by atoms with van der Waals surface area (Å²) in [4.78, 5) is 14.8. The number of halogens is 1. The zero-order chi connectivity index (χ0) is 17.2. The SMILES string of the molecule is Cc1nccn1CCCN1CCc2nc(-c3cccc(F)c3)[nH]c2C1. The molecule has 25 heavy (non-hydrogen) atoms. The van der Waals surface area contributed by atoms with E-state index >= 15 is 0 Å². The minimum atomic E-state index is -0.233. The van der Waals surface area contributed by atoms with Gasteiger partial charge in [0, 0.05) is 50.6 Å². The highest BCUT2D eigenvalue weighted by Gasteiger charge is 2.20. The largest absolute Gasteiger partial charge is 0.341 e. The molecule has 3 heterocycles. The van der Waals surface area contributed by atoms with Gasteiger partial charge in [-0.05, 0) is 25.5 Å². The smallest absolute Gasteiger partial charge is 0.137 e. The second-order valence-electron chi connectivity index (χ2n) is 6.57. The molecule has 2 aromatic heterocycles. The molecule has 0 radical (unpaired) electrons. The van der Waals surface area contributed by atoms with Crippen LogP contribution in [0.1, 0.15) is 23.6 Å². The van der Waals surface area contributed by atoms with Crippen LogP contribution in [-0.4, -0.2) is 37.5 Å². The predicted molar refractivity (Wildman–Crippen MR) is 94.5 cm³/mol. The van der Waals surface area contributed by atoms with Crippen molar-refractivity contribution in [2.75, 3.05) is 13.1 Å². The van der Waals surface area contributed by atoms with Crippen molar-refractivity contribution in [3.63, 3.8) is 0 Å². The van der Waals surface area contributed by atoms with Gasteiger partial charge >= 0.3 is 0 Å². The van der Waals surface area contributed by atoms with Crippen LogP contribution in [0, 0.1) is 12.7 Å². The summed E-state index contributed by atoms with van der Waals surface area (Å²) in [7, 11) is 0. The first kappa shape index (κ1) is 16.0. The van der Waals surface area contributed by atoms with Crippen molar-refractivity contribution in [1.29, 1.82) is 0 Å². The minimum Gasteiger partial charge on any atom is -0.341 e. The summed E-state index contributed by atoms with van der Waals surface area (Å²) in [5, 5.41) is 0. The molecule has 1 aliphatic rings. The van der Waals surface area contributed by atoms with Crippen LogP contribution in [0.15, 0.2) is 36.7 Å². The van der Waals surface area contributed by atoms with E-state index in [9.17, 15) is 4.39 Å². The Labute approximate surface area is 146 Å². The van der Waals surface area contributed by atoms with Gasteiger partial charge in [0.15, 0.2) is 0 Å². The summed E-state index contributed by atoms with van der Waals surface area (Å²) in [6.45, 7) is 5.97. The molecule has 0 saturated heterocycles. The molecular weight excluding hydrogens is 317 g/mol. The maximum Gasteiger partial charge on any atom is 0.137 e. The zero-order valence-electron chi connectivity index (χ0n) is 14.4. The van der Waals surface area contributed by atoms with Crippen molar-refractivity contribution in [3.05, 3.63) is 59.7 Å². The summed E-state index contributed by atoms with van der Waals surface area (Å²) in [6, 6.07) is 6.58. The van der Waals surface area contributed by atoms with Crippen molar-refractivity contribution in [2.24, 2.45) is 0 Å². The molecule has 0 atom stereocenters. The first-order valence-corrected chi connectivity index (χ1v) is 8.73. The lowest BCUT2D eigenvalue weighted by Gasteiger charge is -2.25. The minimum absolute atomic E-state index is 0.233. The molecule has 4 rings (SSSR count). The molecule has 130 valence electrons. The van der Waals surface area contributed by atoms with E-state index < -0.39 is 0 Å². The third-order valence-electron chi connectivity index (χ3n) is 4.81. The highest BCUT2D eigenvalue weighted by molar-refractivity contribution is 5.56. The topological polar surface area (TPSA) is 49.7 Å². The molecular formula is C19H22FN5. The third-order valence-corrected chi connectivity index (χ3v) is 4.81. The lowest BCUT2D eigenvalue weighted by Crippen LogP contribution is -2.31. The van der Waals surface area contributed by atoms with Crippen LogP contribution < -0.4 is 0 Å². The van der Waals surface area contributed by atoms with Gasteiger partial charge in [-0.2, -0.15) is 0 Å². The van der Waals surface area contributed by atoms with E-state index in [1.807, 2.05) is 25.4 Å². The number of imidazole rings is 2. The quantitative estimate of drug-likeness (QED) is 0.777.